The fourth-order valence-electron chi connectivity index (χ4n) is 3.25. The average molecular weight is 431 g/mol. The van der Waals surface area contributed by atoms with E-state index in [0.29, 0.717) is 17.5 Å². The van der Waals surface area contributed by atoms with Crippen LogP contribution in [0.1, 0.15) is 31.1 Å². The SMILES string of the molecule is CCN(c1ccc(NC(=O)COC(=O)c2ccc(OC)c(OC)c2OC)cc1)C(C)C. The molecular weight excluding hydrogens is 400 g/mol. The molecule has 0 aliphatic carbocycles. The number of anilines is 2. The number of ether oxygens (including phenoxy) is 4. The van der Waals surface area contributed by atoms with Crippen LogP contribution in [-0.2, 0) is 9.53 Å². The lowest BCUT2D eigenvalue weighted by Crippen LogP contribution is -2.30. The predicted octanol–water partition coefficient (Wildman–Crippen LogP) is 3.74. The van der Waals surface area contributed by atoms with E-state index in [1.165, 1.54) is 27.4 Å². The lowest BCUT2D eigenvalue weighted by molar-refractivity contribution is -0.119. The van der Waals surface area contributed by atoms with Gasteiger partial charge in [-0.15, -0.1) is 0 Å². The lowest BCUT2D eigenvalue weighted by Gasteiger charge is -2.27. The molecule has 2 rings (SSSR count). The molecule has 31 heavy (non-hydrogen) atoms. The number of rotatable bonds is 10. The molecule has 0 atom stereocenters. The molecule has 8 heteroatoms. The smallest absolute Gasteiger partial charge is 0.342 e. The number of amides is 1. The Morgan fingerprint density at radius 3 is 2.10 bits per heavy atom. The summed E-state index contributed by atoms with van der Waals surface area (Å²) in [5, 5.41) is 2.72. The maximum Gasteiger partial charge on any atom is 0.342 e. The first-order valence-electron chi connectivity index (χ1n) is 9.98. The first-order chi connectivity index (χ1) is 14.9. The largest absolute Gasteiger partial charge is 0.493 e. The Morgan fingerprint density at radius 1 is 0.935 bits per heavy atom. The number of esters is 1. The van der Waals surface area contributed by atoms with Crippen LogP contribution < -0.4 is 24.4 Å². The summed E-state index contributed by atoms with van der Waals surface area (Å²) in [4.78, 5) is 27.0. The molecule has 0 saturated heterocycles. The molecule has 0 aromatic heterocycles. The summed E-state index contributed by atoms with van der Waals surface area (Å²) < 4.78 is 20.9. The van der Waals surface area contributed by atoms with Gasteiger partial charge in [-0.3, -0.25) is 4.79 Å². The Bertz CT molecular complexity index is 896. The third kappa shape index (κ3) is 5.81. The predicted molar refractivity (Wildman–Crippen MR) is 120 cm³/mol. The van der Waals surface area contributed by atoms with E-state index in [9.17, 15) is 9.59 Å². The fraction of sp³-hybridized carbons (Fsp3) is 0.391. The number of nitrogens with zero attached hydrogens (tertiary/aromatic N) is 1. The van der Waals surface area contributed by atoms with Gasteiger partial charge in [0, 0.05) is 24.0 Å². The standard InChI is InChI=1S/C23H30N2O6/c1-7-25(15(2)3)17-10-8-16(9-11-17)24-20(26)14-31-23(27)18-12-13-19(28-4)22(30-6)21(18)29-5/h8-13,15H,7,14H2,1-6H3,(H,24,26). The summed E-state index contributed by atoms with van der Waals surface area (Å²) >= 11 is 0. The molecule has 168 valence electrons. The molecule has 0 bridgehead atoms. The van der Waals surface area contributed by atoms with E-state index in [-0.39, 0.29) is 17.1 Å². The Balaban J connectivity index is 2.01. The summed E-state index contributed by atoms with van der Waals surface area (Å²) in [5.41, 5.74) is 1.82. The first-order valence-corrected chi connectivity index (χ1v) is 9.98. The molecule has 2 aromatic rings. The third-order valence-corrected chi connectivity index (χ3v) is 4.71. The van der Waals surface area contributed by atoms with Crippen LogP contribution in [0.15, 0.2) is 36.4 Å². The number of carbonyl (C=O) groups is 2. The minimum absolute atomic E-state index is 0.130. The van der Waals surface area contributed by atoms with Crippen molar-refractivity contribution in [2.24, 2.45) is 0 Å². The number of methoxy groups -OCH3 is 3. The van der Waals surface area contributed by atoms with Crippen molar-refractivity contribution < 1.29 is 28.5 Å². The quantitative estimate of drug-likeness (QED) is 0.575. The van der Waals surface area contributed by atoms with Crippen LogP contribution >= 0.6 is 0 Å². The van der Waals surface area contributed by atoms with Crippen molar-refractivity contribution in [2.45, 2.75) is 26.8 Å². The van der Waals surface area contributed by atoms with Crippen molar-refractivity contribution >= 4 is 23.3 Å². The van der Waals surface area contributed by atoms with Gasteiger partial charge in [0.2, 0.25) is 5.75 Å². The van der Waals surface area contributed by atoms with Gasteiger partial charge in [0.1, 0.15) is 5.56 Å². The second-order valence-electron chi connectivity index (χ2n) is 6.93. The van der Waals surface area contributed by atoms with Crippen LogP contribution in [0.2, 0.25) is 0 Å². The van der Waals surface area contributed by atoms with Crippen molar-refractivity contribution in [2.75, 3.05) is 44.7 Å². The lowest BCUT2D eigenvalue weighted by atomic mass is 10.1. The van der Waals surface area contributed by atoms with Gasteiger partial charge in [-0.1, -0.05) is 0 Å². The second-order valence-corrected chi connectivity index (χ2v) is 6.93. The molecular formula is C23H30N2O6. The van der Waals surface area contributed by atoms with Gasteiger partial charge in [-0.2, -0.15) is 0 Å². The zero-order chi connectivity index (χ0) is 23.0. The van der Waals surface area contributed by atoms with Crippen molar-refractivity contribution in [3.63, 3.8) is 0 Å². The molecule has 0 fully saturated rings. The van der Waals surface area contributed by atoms with Gasteiger partial charge in [0.05, 0.1) is 21.3 Å². The number of hydrogen-bond donors (Lipinski definition) is 1. The average Bonchev–Trinajstić information content (AvgIpc) is 2.77. The molecule has 0 aliphatic heterocycles. The van der Waals surface area contributed by atoms with Gasteiger partial charge in [-0.05, 0) is 57.2 Å². The molecule has 0 heterocycles. The Labute approximate surface area is 183 Å². The highest BCUT2D eigenvalue weighted by Gasteiger charge is 2.22. The van der Waals surface area contributed by atoms with E-state index in [0.717, 1.165) is 12.2 Å². The first kappa shape index (κ1) is 23.9. The summed E-state index contributed by atoms with van der Waals surface area (Å²) in [6.45, 7) is 6.80. The van der Waals surface area contributed by atoms with Crippen molar-refractivity contribution in [1.29, 1.82) is 0 Å². The Hall–Kier alpha value is -3.42. The van der Waals surface area contributed by atoms with Gasteiger partial charge < -0.3 is 29.2 Å². The number of nitrogens with one attached hydrogen (secondary N) is 1. The van der Waals surface area contributed by atoms with Crippen LogP contribution in [0, 0.1) is 0 Å². The molecule has 1 N–H and O–H groups in total. The van der Waals surface area contributed by atoms with Gasteiger partial charge in [0.25, 0.3) is 5.91 Å². The number of benzene rings is 2. The van der Waals surface area contributed by atoms with Crippen LogP contribution in [0.3, 0.4) is 0 Å². The molecule has 1 amide bonds. The van der Waals surface area contributed by atoms with E-state index >= 15 is 0 Å². The molecule has 0 unspecified atom stereocenters. The minimum Gasteiger partial charge on any atom is -0.493 e. The zero-order valence-electron chi connectivity index (χ0n) is 18.9. The Morgan fingerprint density at radius 2 is 1.58 bits per heavy atom. The van der Waals surface area contributed by atoms with E-state index in [1.54, 1.807) is 6.07 Å². The highest BCUT2D eigenvalue weighted by molar-refractivity contribution is 5.97. The third-order valence-electron chi connectivity index (χ3n) is 4.71. The molecule has 0 saturated carbocycles. The molecule has 0 spiro atoms. The highest BCUT2D eigenvalue weighted by atomic mass is 16.5. The summed E-state index contributed by atoms with van der Waals surface area (Å²) in [7, 11) is 4.33. The maximum absolute atomic E-state index is 12.5. The van der Waals surface area contributed by atoms with E-state index in [1.807, 2.05) is 24.3 Å². The highest BCUT2D eigenvalue weighted by Crippen LogP contribution is 2.39. The normalized spacial score (nSPS) is 10.4. The summed E-state index contributed by atoms with van der Waals surface area (Å²) in [6.07, 6.45) is 0. The van der Waals surface area contributed by atoms with E-state index < -0.39 is 18.5 Å². The topological polar surface area (TPSA) is 86.3 Å². The van der Waals surface area contributed by atoms with Crippen molar-refractivity contribution in [3.05, 3.63) is 42.0 Å². The number of carbonyl (C=O) groups excluding carboxylic acids is 2. The molecule has 0 radical (unpaired) electrons. The number of hydrogen-bond acceptors (Lipinski definition) is 7. The van der Waals surface area contributed by atoms with Gasteiger partial charge in [0.15, 0.2) is 18.1 Å². The Kier molecular flexibility index (Phi) is 8.54. The van der Waals surface area contributed by atoms with Crippen LogP contribution in [-0.4, -0.2) is 52.4 Å². The second kappa shape index (κ2) is 11.1. The molecule has 2 aromatic carbocycles. The summed E-state index contributed by atoms with van der Waals surface area (Å²) in [6, 6.07) is 11.0. The van der Waals surface area contributed by atoms with Gasteiger partial charge in [-0.25, -0.2) is 4.79 Å². The van der Waals surface area contributed by atoms with Crippen molar-refractivity contribution in [3.8, 4) is 17.2 Å². The fourth-order valence-corrected chi connectivity index (χ4v) is 3.25. The monoisotopic (exact) mass is 430 g/mol. The zero-order valence-corrected chi connectivity index (χ0v) is 18.9. The molecule has 0 aliphatic rings. The van der Waals surface area contributed by atoms with Crippen LogP contribution in [0.4, 0.5) is 11.4 Å². The van der Waals surface area contributed by atoms with E-state index in [2.05, 4.69) is 31.0 Å². The van der Waals surface area contributed by atoms with Crippen LogP contribution in [0.25, 0.3) is 0 Å². The van der Waals surface area contributed by atoms with E-state index in [4.69, 9.17) is 18.9 Å². The maximum atomic E-state index is 12.5. The summed E-state index contributed by atoms with van der Waals surface area (Å²) in [5.74, 6) is -0.299. The van der Waals surface area contributed by atoms with Crippen molar-refractivity contribution in [1.82, 2.24) is 0 Å². The van der Waals surface area contributed by atoms with Gasteiger partial charge >= 0.3 is 5.97 Å². The molecule has 8 nitrogen and oxygen atoms in total. The van der Waals surface area contributed by atoms with Crippen LogP contribution in [0.5, 0.6) is 17.2 Å². The minimum atomic E-state index is -0.709.